The highest BCUT2D eigenvalue weighted by Crippen LogP contribution is 2.77. The van der Waals surface area contributed by atoms with Crippen molar-refractivity contribution in [2.75, 3.05) is 33.7 Å². The van der Waals surface area contributed by atoms with Crippen molar-refractivity contribution in [3.8, 4) is 0 Å². The number of allylic oxidation sites excluding steroid dienone is 1. The molecule has 9 unspecified atom stereocenters. The fraction of sp³-hybridized carbons (Fsp3) is 0.787. The van der Waals surface area contributed by atoms with Gasteiger partial charge in [0.25, 0.3) is 0 Å². The zero-order valence-electron chi connectivity index (χ0n) is 35.7. The lowest BCUT2D eigenvalue weighted by Crippen LogP contribution is -2.66. The molecule has 54 heavy (non-hydrogen) atoms. The summed E-state index contributed by atoms with van der Waals surface area (Å²) in [7, 11) is 4.20. The summed E-state index contributed by atoms with van der Waals surface area (Å²) in [6.45, 7) is 24.2. The van der Waals surface area contributed by atoms with Gasteiger partial charge in [-0.05, 0) is 135 Å². The minimum atomic E-state index is -0.625. The van der Waals surface area contributed by atoms with E-state index in [1.807, 2.05) is 12.1 Å². The lowest BCUT2D eigenvalue weighted by atomic mass is 9.33. The molecule has 0 amide bonds. The van der Waals surface area contributed by atoms with Crippen LogP contribution >= 0.6 is 11.6 Å². The van der Waals surface area contributed by atoms with Gasteiger partial charge in [0.15, 0.2) is 5.78 Å². The molecular formula is C47H73ClN2O4. The van der Waals surface area contributed by atoms with Crippen LogP contribution in [0.2, 0.25) is 5.02 Å². The molecule has 0 aromatic heterocycles. The zero-order valence-corrected chi connectivity index (χ0v) is 36.5. The first-order valence-electron chi connectivity index (χ1n) is 21.5. The van der Waals surface area contributed by atoms with Gasteiger partial charge in [-0.3, -0.25) is 14.5 Å². The van der Waals surface area contributed by atoms with E-state index < -0.39 is 11.5 Å². The second-order valence-electron chi connectivity index (χ2n) is 21.0. The number of esters is 1. The topological polar surface area (TPSA) is 70.1 Å². The number of ether oxygens (including phenoxy) is 1. The van der Waals surface area contributed by atoms with Crippen molar-refractivity contribution < 1.29 is 19.4 Å². The van der Waals surface area contributed by atoms with Crippen LogP contribution in [-0.2, 0) is 20.9 Å². The van der Waals surface area contributed by atoms with Crippen LogP contribution < -0.4 is 0 Å². The molecule has 0 saturated heterocycles. The average molecular weight is 766 g/mol. The highest BCUT2D eigenvalue weighted by molar-refractivity contribution is 6.30. The van der Waals surface area contributed by atoms with Crippen LogP contribution in [0.4, 0.5) is 0 Å². The zero-order chi connectivity index (χ0) is 39.6. The number of rotatable bonds is 12. The Morgan fingerprint density at radius 3 is 2.20 bits per heavy atom. The molecule has 9 atom stereocenters. The van der Waals surface area contributed by atoms with Crippen LogP contribution in [0.15, 0.2) is 35.4 Å². The standard InChI is InChI=1S/C47H73ClN2O4/c1-30(2)26-40(53)54-39-19-20-44(7)36(43(39,5)6)18-21-46(9)37(44)17-16-34-42-41(31(3)4)35(51)27-47(42,23-22-45(34,46)8)38(52)29-50(25-24-49(10)11)28-32-12-14-33(48)15-13-32/h12-15,30-31,34,36-39,52H,16-29H2,1-11H3. The first-order chi connectivity index (χ1) is 25.2. The summed E-state index contributed by atoms with van der Waals surface area (Å²) in [6.07, 6.45) is 8.74. The third kappa shape index (κ3) is 7.08. The van der Waals surface area contributed by atoms with Gasteiger partial charge in [-0.1, -0.05) is 91.6 Å². The molecule has 0 bridgehead atoms. The number of fused-ring (bicyclic) bond motifs is 7. The van der Waals surface area contributed by atoms with E-state index in [-0.39, 0.29) is 45.4 Å². The minimum absolute atomic E-state index is 0.0323. The quantitative estimate of drug-likeness (QED) is 0.214. The van der Waals surface area contributed by atoms with E-state index >= 15 is 0 Å². The summed E-state index contributed by atoms with van der Waals surface area (Å²) in [4.78, 5) is 31.8. The van der Waals surface area contributed by atoms with Crippen molar-refractivity contribution in [1.29, 1.82) is 0 Å². The second kappa shape index (κ2) is 15.2. The van der Waals surface area contributed by atoms with Crippen molar-refractivity contribution in [3.63, 3.8) is 0 Å². The van der Waals surface area contributed by atoms with Crippen molar-refractivity contribution in [2.45, 2.75) is 145 Å². The highest BCUT2D eigenvalue weighted by atomic mass is 35.5. The molecule has 0 aliphatic heterocycles. The van der Waals surface area contributed by atoms with Crippen molar-refractivity contribution in [1.82, 2.24) is 9.80 Å². The lowest BCUT2D eigenvalue weighted by molar-refractivity contribution is -0.235. The summed E-state index contributed by atoms with van der Waals surface area (Å²) in [5, 5.41) is 13.4. The van der Waals surface area contributed by atoms with Crippen LogP contribution in [0.3, 0.4) is 0 Å². The molecule has 302 valence electrons. The maximum Gasteiger partial charge on any atom is 0.306 e. The molecule has 4 saturated carbocycles. The number of ketones is 1. The molecule has 1 aromatic rings. The molecule has 7 heteroatoms. The number of halogens is 1. The minimum Gasteiger partial charge on any atom is -0.462 e. The number of likely N-dealkylation sites (N-methyl/N-ethyl adjacent to an activating group) is 1. The van der Waals surface area contributed by atoms with Crippen molar-refractivity contribution in [3.05, 3.63) is 46.0 Å². The van der Waals surface area contributed by atoms with Crippen molar-refractivity contribution >= 4 is 23.4 Å². The summed E-state index contributed by atoms with van der Waals surface area (Å²) in [5.41, 5.74) is 3.27. The van der Waals surface area contributed by atoms with Gasteiger partial charge in [0.1, 0.15) is 6.10 Å². The number of carbonyl (C=O) groups excluding carboxylic acids is 2. The SMILES string of the molecule is CC(C)CC(=O)OC1CCC2(C)C(CCC3(C)C2CCC2C4=C(C(C)C)C(=O)CC4(C(O)CN(CCN(C)C)Cc4ccc(Cl)cc4)CCC23C)C1(C)C. The number of hydrogen-bond acceptors (Lipinski definition) is 6. The molecule has 5 aliphatic rings. The predicted molar refractivity (Wildman–Crippen MR) is 220 cm³/mol. The van der Waals surface area contributed by atoms with Gasteiger partial charge < -0.3 is 14.7 Å². The average Bonchev–Trinajstić information content (AvgIpc) is 3.39. The van der Waals surface area contributed by atoms with E-state index in [0.29, 0.717) is 43.1 Å². The Morgan fingerprint density at radius 1 is 0.889 bits per heavy atom. The summed E-state index contributed by atoms with van der Waals surface area (Å²) in [5.74, 6) is 2.01. The Labute approximate surface area is 333 Å². The van der Waals surface area contributed by atoms with Gasteiger partial charge in [0.05, 0.1) is 6.10 Å². The number of benzene rings is 1. The smallest absolute Gasteiger partial charge is 0.306 e. The number of nitrogens with zero attached hydrogens (tertiary/aromatic N) is 2. The Morgan fingerprint density at radius 2 is 1.57 bits per heavy atom. The predicted octanol–water partition coefficient (Wildman–Crippen LogP) is 10.0. The summed E-state index contributed by atoms with van der Waals surface area (Å²) < 4.78 is 6.28. The molecule has 4 fully saturated rings. The Bertz CT molecular complexity index is 1580. The number of aliphatic hydroxyl groups excluding tert-OH is 1. The number of carbonyl (C=O) groups is 2. The van der Waals surface area contributed by atoms with Crippen molar-refractivity contribution in [2.24, 2.45) is 56.7 Å². The Kier molecular flexibility index (Phi) is 11.8. The molecule has 1 aromatic carbocycles. The third-order valence-electron chi connectivity index (χ3n) is 16.5. The fourth-order valence-corrected chi connectivity index (χ4v) is 13.8. The van der Waals surface area contributed by atoms with Gasteiger partial charge in [-0.15, -0.1) is 0 Å². The highest BCUT2D eigenvalue weighted by Gasteiger charge is 2.70. The second-order valence-corrected chi connectivity index (χ2v) is 21.4. The Hall–Kier alpha value is -1.73. The number of aliphatic hydroxyl groups is 1. The molecule has 0 spiro atoms. The van der Waals surface area contributed by atoms with Gasteiger partial charge in [0.2, 0.25) is 0 Å². The van der Waals surface area contributed by atoms with E-state index in [9.17, 15) is 14.7 Å². The van der Waals surface area contributed by atoms with E-state index in [1.165, 1.54) is 11.1 Å². The Balaban J connectivity index is 1.31. The summed E-state index contributed by atoms with van der Waals surface area (Å²) >= 11 is 6.25. The molecular weight excluding hydrogens is 692 g/mol. The molecule has 5 aliphatic carbocycles. The molecule has 6 rings (SSSR count). The maximum atomic E-state index is 14.3. The van der Waals surface area contributed by atoms with Crippen LogP contribution in [0.25, 0.3) is 0 Å². The fourth-order valence-electron chi connectivity index (χ4n) is 13.7. The van der Waals surface area contributed by atoms with E-state index in [2.05, 4.69) is 98.3 Å². The van der Waals surface area contributed by atoms with Gasteiger partial charge >= 0.3 is 5.97 Å². The van der Waals surface area contributed by atoms with E-state index in [1.54, 1.807) is 0 Å². The maximum absolute atomic E-state index is 14.3. The van der Waals surface area contributed by atoms with Crippen LogP contribution in [0.5, 0.6) is 0 Å². The largest absolute Gasteiger partial charge is 0.462 e. The lowest BCUT2D eigenvalue weighted by Gasteiger charge is -2.72. The molecule has 1 N–H and O–H groups in total. The first kappa shape index (κ1) is 41.9. The molecule has 6 nitrogen and oxygen atoms in total. The number of Topliss-reactive ketones (excluding diaryl/α,β-unsaturated/α-hetero) is 1. The molecule has 0 heterocycles. The third-order valence-corrected chi connectivity index (χ3v) is 16.8. The van der Waals surface area contributed by atoms with Gasteiger partial charge in [-0.2, -0.15) is 0 Å². The first-order valence-corrected chi connectivity index (χ1v) is 21.8. The van der Waals surface area contributed by atoms with E-state index in [4.69, 9.17) is 16.3 Å². The monoisotopic (exact) mass is 765 g/mol. The van der Waals surface area contributed by atoms with Gasteiger partial charge in [0, 0.05) is 54.9 Å². The van der Waals surface area contributed by atoms with Gasteiger partial charge in [-0.25, -0.2) is 0 Å². The normalized spacial score (nSPS) is 36.6. The van der Waals surface area contributed by atoms with Crippen LogP contribution in [-0.4, -0.2) is 72.6 Å². The van der Waals surface area contributed by atoms with E-state index in [0.717, 1.165) is 81.6 Å². The summed E-state index contributed by atoms with van der Waals surface area (Å²) in [6, 6.07) is 8.07. The van der Waals surface area contributed by atoms with Crippen LogP contribution in [0.1, 0.15) is 132 Å². The van der Waals surface area contributed by atoms with Crippen LogP contribution in [0, 0.1) is 56.7 Å². The molecule has 0 radical (unpaired) electrons. The number of hydrogen-bond donors (Lipinski definition) is 1.